The van der Waals surface area contributed by atoms with Gasteiger partial charge in [-0.15, -0.1) is 11.3 Å². The second-order valence-corrected chi connectivity index (χ2v) is 7.06. The van der Waals surface area contributed by atoms with E-state index in [1.54, 1.807) is 11.3 Å². The van der Waals surface area contributed by atoms with Crippen molar-refractivity contribution >= 4 is 27.3 Å². The monoisotopic (exact) mass is 318 g/mol. The first kappa shape index (κ1) is 15.2. The normalized spacial score (nSPS) is 12.9. The van der Waals surface area contributed by atoms with Crippen LogP contribution in [0.1, 0.15) is 69.3 Å². The Hall–Kier alpha value is 0.140. The predicted octanol–water partition coefficient (Wildman–Crippen LogP) is 5.68. The second-order valence-electron chi connectivity index (χ2n) is 4.57. The summed E-state index contributed by atoms with van der Waals surface area (Å²) < 4.78 is 1.10. The standard InChI is InChI=1S/C14H23BrOS/c1-2-3-4-5-6-7-8-9-12(16)13-10-11-14(15)17-13/h10-12,16H,2-9H2,1H3. The Kier molecular flexibility index (Phi) is 8.15. The number of hydrogen-bond donors (Lipinski definition) is 1. The van der Waals surface area contributed by atoms with Gasteiger partial charge in [0.1, 0.15) is 0 Å². The zero-order valence-corrected chi connectivity index (χ0v) is 13.0. The Morgan fingerprint density at radius 3 is 2.35 bits per heavy atom. The third-order valence-corrected chi connectivity index (χ3v) is 4.73. The molecule has 0 bridgehead atoms. The SMILES string of the molecule is CCCCCCCCCC(O)c1ccc(Br)s1. The zero-order valence-electron chi connectivity index (χ0n) is 10.6. The molecule has 1 N–H and O–H groups in total. The molecule has 0 spiro atoms. The summed E-state index contributed by atoms with van der Waals surface area (Å²) in [7, 11) is 0. The van der Waals surface area contributed by atoms with Crippen molar-refractivity contribution in [2.45, 2.75) is 64.4 Å². The smallest absolute Gasteiger partial charge is 0.0882 e. The van der Waals surface area contributed by atoms with Crippen LogP contribution in [0.3, 0.4) is 0 Å². The quantitative estimate of drug-likeness (QED) is 0.580. The van der Waals surface area contributed by atoms with Crippen molar-refractivity contribution < 1.29 is 5.11 Å². The van der Waals surface area contributed by atoms with Crippen LogP contribution in [0.15, 0.2) is 15.9 Å². The van der Waals surface area contributed by atoms with Crippen LogP contribution >= 0.6 is 27.3 Å². The van der Waals surface area contributed by atoms with Gasteiger partial charge in [-0.25, -0.2) is 0 Å². The van der Waals surface area contributed by atoms with Gasteiger partial charge in [-0.2, -0.15) is 0 Å². The Morgan fingerprint density at radius 1 is 1.12 bits per heavy atom. The van der Waals surface area contributed by atoms with Gasteiger partial charge in [-0.3, -0.25) is 0 Å². The number of rotatable bonds is 9. The minimum absolute atomic E-state index is 0.262. The minimum atomic E-state index is -0.262. The largest absolute Gasteiger partial charge is 0.388 e. The van der Waals surface area contributed by atoms with Crippen molar-refractivity contribution in [3.05, 3.63) is 20.8 Å². The lowest BCUT2D eigenvalue weighted by Gasteiger charge is -2.07. The van der Waals surface area contributed by atoms with Crippen molar-refractivity contribution in [2.75, 3.05) is 0 Å². The summed E-state index contributed by atoms with van der Waals surface area (Å²) >= 11 is 5.06. The Bertz CT molecular complexity index is 298. The summed E-state index contributed by atoms with van der Waals surface area (Å²) in [6, 6.07) is 4.02. The average Bonchev–Trinajstić information content (AvgIpc) is 2.74. The van der Waals surface area contributed by atoms with Gasteiger partial charge in [0, 0.05) is 4.88 Å². The van der Waals surface area contributed by atoms with Gasteiger partial charge in [0.2, 0.25) is 0 Å². The van der Waals surface area contributed by atoms with Gasteiger partial charge in [0.15, 0.2) is 0 Å². The van der Waals surface area contributed by atoms with E-state index >= 15 is 0 Å². The fourth-order valence-electron chi connectivity index (χ4n) is 1.94. The van der Waals surface area contributed by atoms with Gasteiger partial charge < -0.3 is 5.11 Å². The molecule has 17 heavy (non-hydrogen) atoms. The first-order valence-corrected chi connectivity index (χ1v) is 8.28. The van der Waals surface area contributed by atoms with Crippen molar-refractivity contribution in [3.8, 4) is 0 Å². The number of aliphatic hydroxyl groups is 1. The van der Waals surface area contributed by atoms with E-state index in [0.717, 1.165) is 21.5 Å². The maximum atomic E-state index is 9.96. The molecule has 98 valence electrons. The number of aliphatic hydroxyl groups excluding tert-OH is 1. The summed E-state index contributed by atoms with van der Waals surface area (Å²) in [6.07, 6.45) is 9.77. The number of unbranched alkanes of at least 4 members (excludes halogenated alkanes) is 6. The van der Waals surface area contributed by atoms with E-state index in [9.17, 15) is 5.11 Å². The Morgan fingerprint density at radius 2 is 1.76 bits per heavy atom. The van der Waals surface area contributed by atoms with Gasteiger partial charge in [0.25, 0.3) is 0 Å². The molecule has 1 rings (SSSR count). The molecule has 3 heteroatoms. The third-order valence-electron chi connectivity index (χ3n) is 3.00. The van der Waals surface area contributed by atoms with Crippen molar-refractivity contribution in [1.29, 1.82) is 0 Å². The zero-order chi connectivity index (χ0) is 12.5. The molecule has 0 saturated heterocycles. The van der Waals surface area contributed by atoms with Crippen LogP contribution in [0.5, 0.6) is 0 Å². The van der Waals surface area contributed by atoms with Crippen molar-refractivity contribution in [2.24, 2.45) is 0 Å². The van der Waals surface area contributed by atoms with Crippen molar-refractivity contribution in [3.63, 3.8) is 0 Å². The molecule has 1 heterocycles. The molecule has 0 aliphatic carbocycles. The maximum Gasteiger partial charge on any atom is 0.0882 e. The van der Waals surface area contributed by atoms with Crippen molar-refractivity contribution in [1.82, 2.24) is 0 Å². The molecular weight excluding hydrogens is 296 g/mol. The van der Waals surface area contributed by atoms with Crippen LogP contribution in [-0.4, -0.2) is 5.11 Å². The molecule has 0 aliphatic heterocycles. The van der Waals surface area contributed by atoms with E-state index < -0.39 is 0 Å². The molecule has 1 aromatic rings. The molecule has 0 radical (unpaired) electrons. The van der Waals surface area contributed by atoms with Gasteiger partial charge in [0.05, 0.1) is 9.89 Å². The highest BCUT2D eigenvalue weighted by Crippen LogP contribution is 2.30. The molecule has 1 nitrogen and oxygen atoms in total. The predicted molar refractivity (Wildman–Crippen MR) is 79.6 cm³/mol. The summed E-state index contributed by atoms with van der Waals surface area (Å²) in [5, 5.41) is 9.96. The third kappa shape index (κ3) is 6.58. The molecular formula is C14H23BrOS. The average molecular weight is 319 g/mol. The van der Waals surface area contributed by atoms with E-state index in [2.05, 4.69) is 22.9 Å². The van der Waals surface area contributed by atoms with E-state index in [-0.39, 0.29) is 6.10 Å². The van der Waals surface area contributed by atoms with E-state index in [0.29, 0.717) is 0 Å². The molecule has 1 atom stereocenters. The number of halogens is 1. The minimum Gasteiger partial charge on any atom is -0.388 e. The highest BCUT2D eigenvalue weighted by atomic mass is 79.9. The fourth-order valence-corrected chi connectivity index (χ4v) is 3.39. The lowest BCUT2D eigenvalue weighted by Crippen LogP contribution is -1.94. The van der Waals surface area contributed by atoms with Crippen LogP contribution in [0, 0.1) is 0 Å². The molecule has 0 saturated carbocycles. The Balaban J connectivity index is 2.03. The Labute approximate surface area is 117 Å². The van der Waals surface area contributed by atoms with E-state index in [1.807, 2.05) is 12.1 Å². The highest BCUT2D eigenvalue weighted by Gasteiger charge is 2.09. The molecule has 0 fully saturated rings. The first-order valence-electron chi connectivity index (χ1n) is 6.67. The topological polar surface area (TPSA) is 20.2 Å². The fraction of sp³-hybridized carbons (Fsp3) is 0.714. The van der Waals surface area contributed by atoms with Crippen LogP contribution in [0.25, 0.3) is 0 Å². The van der Waals surface area contributed by atoms with Gasteiger partial charge in [-0.05, 0) is 34.5 Å². The summed E-state index contributed by atoms with van der Waals surface area (Å²) in [6.45, 7) is 2.25. The lowest BCUT2D eigenvalue weighted by atomic mass is 10.1. The molecule has 1 aromatic heterocycles. The molecule has 1 unspecified atom stereocenters. The lowest BCUT2D eigenvalue weighted by molar-refractivity contribution is 0.167. The van der Waals surface area contributed by atoms with Gasteiger partial charge in [-0.1, -0.05) is 51.9 Å². The molecule has 0 amide bonds. The first-order chi connectivity index (χ1) is 8.24. The number of thiophene rings is 1. The van der Waals surface area contributed by atoms with Crippen LogP contribution in [-0.2, 0) is 0 Å². The van der Waals surface area contributed by atoms with Gasteiger partial charge >= 0.3 is 0 Å². The summed E-state index contributed by atoms with van der Waals surface area (Å²) in [5.74, 6) is 0. The molecule has 0 aromatic carbocycles. The van der Waals surface area contributed by atoms with E-state index in [1.165, 1.54) is 38.5 Å². The summed E-state index contributed by atoms with van der Waals surface area (Å²) in [5.41, 5.74) is 0. The van der Waals surface area contributed by atoms with E-state index in [4.69, 9.17) is 0 Å². The maximum absolute atomic E-state index is 9.96. The molecule has 0 aliphatic rings. The summed E-state index contributed by atoms with van der Waals surface area (Å²) in [4.78, 5) is 1.09. The number of hydrogen-bond acceptors (Lipinski definition) is 2. The highest BCUT2D eigenvalue weighted by molar-refractivity contribution is 9.11. The van der Waals surface area contributed by atoms with Crippen LogP contribution < -0.4 is 0 Å². The second kappa shape index (κ2) is 9.12. The van der Waals surface area contributed by atoms with Crippen LogP contribution in [0.2, 0.25) is 0 Å². The van der Waals surface area contributed by atoms with Crippen LogP contribution in [0.4, 0.5) is 0 Å².